The highest BCUT2D eigenvalue weighted by molar-refractivity contribution is 6.17. The summed E-state index contributed by atoms with van der Waals surface area (Å²) in [4.78, 5) is 0. The Kier molecular flexibility index (Phi) is 6.95. The average Bonchev–Trinajstić information content (AvgIpc) is 3.94. The molecule has 0 aliphatic heterocycles. The van der Waals surface area contributed by atoms with Gasteiger partial charge in [-0.2, -0.15) is 0 Å². The molecule has 12 aromatic rings. The summed E-state index contributed by atoms with van der Waals surface area (Å²) in [6, 6.07) is 65.5. The fourth-order valence-corrected chi connectivity index (χ4v) is 9.05. The molecule has 0 unspecified atom stereocenters. The molecule has 2 heterocycles. The van der Waals surface area contributed by atoms with E-state index in [1.54, 1.807) is 4.57 Å². The molecule has 0 saturated carbocycles. The van der Waals surface area contributed by atoms with Crippen LogP contribution in [0, 0.1) is 0 Å². The number of para-hydroxylation sites is 1. The number of aromatic nitrogens is 2. The largest absolute Gasteiger partial charge is 0.309 e. The van der Waals surface area contributed by atoms with E-state index in [1.807, 2.05) is 97.1 Å². The smallest absolute Gasteiger partial charge is 0.0645 e. The molecule has 0 aliphatic rings. The second-order valence-corrected chi connectivity index (χ2v) is 15.6. The number of rotatable bonds is 7. The monoisotopic (exact) mass is 795 g/mol. The Bertz CT molecular complexity index is 4010. The molecule has 0 N–H and O–H groups in total. The Morgan fingerprint density at radius 3 is 1.56 bits per heavy atom. The Balaban J connectivity index is 1.08. The molecule has 0 saturated heterocycles. The lowest BCUT2D eigenvalue weighted by molar-refractivity contribution is 1.18. The summed E-state index contributed by atoms with van der Waals surface area (Å²) in [6.07, 6.45) is 0. The van der Waals surface area contributed by atoms with Gasteiger partial charge in [0.2, 0.25) is 0 Å². The van der Waals surface area contributed by atoms with Crippen molar-refractivity contribution in [3.8, 4) is 67.0 Å². The van der Waals surface area contributed by atoms with Crippen molar-refractivity contribution in [1.29, 1.82) is 0 Å². The molecule has 0 radical (unpaired) electrons. The van der Waals surface area contributed by atoms with Crippen LogP contribution in [0.1, 0.15) is 9.60 Å². The van der Waals surface area contributed by atoms with E-state index in [2.05, 4.69) is 108 Å². The predicted octanol–water partition coefficient (Wildman–Crippen LogP) is 16.2. The summed E-state index contributed by atoms with van der Waals surface area (Å²) in [5.74, 6) is 0. The molecule has 0 bridgehead atoms. The first kappa shape index (κ1) is 29.1. The van der Waals surface area contributed by atoms with Gasteiger partial charge >= 0.3 is 0 Å². The first-order chi connectivity index (χ1) is 33.7. The topological polar surface area (TPSA) is 9.86 Å². The van der Waals surface area contributed by atoms with Gasteiger partial charge in [-0.1, -0.05) is 176 Å². The van der Waals surface area contributed by atoms with Gasteiger partial charge in [0, 0.05) is 32.9 Å². The molecule has 2 nitrogen and oxygen atoms in total. The lowest BCUT2D eigenvalue weighted by Gasteiger charge is -2.11. The number of benzene rings is 10. The van der Waals surface area contributed by atoms with E-state index < -0.39 is 12.1 Å². The van der Waals surface area contributed by atoms with Crippen LogP contribution in [0.4, 0.5) is 0 Å². The average molecular weight is 796 g/mol. The zero-order valence-corrected chi connectivity index (χ0v) is 33.4. The maximum atomic E-state index is 10.0. The van der Waals surface area contributed by atoms with Crippen molar-refractivity contribution in [3.63, 3.8) is 0 Å². The molecule has 0 spiro atoms. The van der Waals surface area contributed by atoms with Gasteiger partial charge in [0.05, 0.1) is 31.7 Å². The third-order valence-electron chi connectivity index (χ3n) is 12.0. The first-order valence-corrected chi connectivity index (χ1v) is 20.8. The molecule has 0 amide bonds. The summed E-state index contributed by atoms with van der Waals surface area (Å²) in [5.41, 5.74) is 12.9. The zero-order chi connectivity index (χ0) is 47.1. The molecule has 62 heavy (non-hydrogen) atoms. The maximum absolute atomic E-state index is 10.0. The van der Waals surface area contributed by atoms with E-state index in [9.17, 15) is 6.85 Å². The lowest BCUT2D eigenvalue weighted by atomic mass is 9.97. The van der Waals surface area contributed by atoms with Crippen molar-refractivity contribution < 1.29 is 9.60 Å². The van der Waals surface area contributed by atoms with Crippen LogP contribution in [0.2, 0.25) is 0 Å². The van der Waals surface area contributed by atoms with Gasteiger partial charge in [0.15, 0.2) is 0 Å². The Hall–Kier alpha value is -8.20. The minimum Gasteiger partial charge on any atom is -0.309 e. The second kappa shape index (κ2) is 14.8. The molecule has 290 valence electrons. The third-order valence-corrected chi connectivity index (χ3v) is 12.0. The summed E-state index contributed by atoms with van der Waals surface area (Å²) < 4.78 is 69.3. The van der Waals surface area contributed by atoms with Crippen LogP contribution in [-0.4, -0.2) is 9.13 Å². The van der Waals surface area contributed by atoms with Crippen molar-refractivity contribution in [3.05, 3.63) is 242 Å². The third kappa shape index (κ3) is 6.04. The summed E-state index contributed by atoms with van der Waals surface area (Å²) in [6.45, 7) is 0. The minimum atomic E-state index is -0.427. The van der Waals surface area contributed by atoms with Crippen LogP contribution in [0.5, 0.6) is 0 Å². The minimum absolute atomic E-state index is 0.0858. The van der Waals surface area contributed by atoms with Crippen LogP contribution in [0.3, 0.4) is 0 Å². The van der Waals surface area contributed by atoms with E-state index >= 15 is 0 Å². The SMILES string of the molecule is [2H]c1c([2H])c([2H])c2c(c1[2H])c1c([2H])c(-c3ccc4c(c3)c3c(-c5ccccc5)cccc3n4-c3ccc(-c4cccc(-c5ccccc5)c4)cc3)c([2H])c([2H])c1n2-c1cccc(-c2ccccc2)c1. The van der Waals surface area contributed by atoms with Crippen molar-refractivity contribution in [2.75, 3.05) is 0 Å². The van der Waals surface area contributed by atoms with E-state index in [0.29, 0.717) is 11.3 Å². The van der Waals surface area contributed by atoms with Gasteiger partial charge in [-0.15, -0.1) is 0 Å². The first-order valence-electron chi connectivity index (χ1n) is 24.3. The summed E-state index contributed by atoms with van der Waals surface area (Å²) in [5, 5.41) is 2.23. The standard InChI is InChI=1S/C60H40N2/c1-4-15-41(16-5-1)45-21-12-22-46(37-45)43-29-33-50(34-30-43)61-58-36-32-49(40-55(58)60-52(26-14-28-59(60)61)44-19-8-3-9-20-44)48-31-35-57-54(39-48)53-25-10-11-27-56(53)62(57)51-24-13-23-47(38-51)42-17-6-2-7-18-42/h1-40H/i10D,11D,25D,27D,31D,35D,39D. The summed E-state index contributed by atoms with van der Waals surface area (Å²) in [7, 11) is 0. The molecule has 2 heteroatoms. The molecule has 0 atom stereocenters. The number of hydrogen-bond donors (Lipinski definition) is 0. The van der Waals surface area contributed by atoms with Gasteiger partial charge in [-0.3, -0.25) is 0 Å². The second-order valence-electron chi connectivity index (χ2n) is 15.6. The highest BCUT2D eigenvalue weighted by Gasteiger charge is 2.19. The molecular formula is C60H40N2. The normalized spacial score (nSPS) is 13.1. The fraction of sp³-hybridized carbons (Fsp3) is 0. The highest BCUT2D eigenvalue weighted by Crippen LogP contribution is 2.42. The molecular weight excluding hydrogens is 749 g/mol. The molecule has 10 aromatic carbocycles. The molecule has 2 aromatic heterocycles. The predicted molar refractivity (Wildman–Crippen MR) is 262 cm³/mol. The van der Waals surface area contributed by atoms with Crippen molar-refractivity contribution in [2.24, 2.45) is 0 Å². The van der Waals surface area contributed by atoms with E-state index in [1.165, 1.54) is 0 Å². The van der Waals surface area contributed by atoms with Gasteiger partial charge in [0.1, 0.15) is 0 Å². The van der Waals surface area contributed by atoms with Crippen molar-refractivity contribution in [1.82, 2.24) is 9.13 Å². The number of nitrogens with zero attached hydrogens (tertiary/aromatic N) is 2. The van der Waals surface area contributed by atoms with Crippen molar-refractivity contribution in [2.45, 2.75) is 0 Å². The summed E-state index contributed by atoms with van der Waals surface area (Å²) >= 11 is 0. The quantitative estimate of drug-likeness (QED) is 0.152. The maximum Gasteiger partial charge on any atom is 0.0645 e. The fourth-order valence-electron chi connectivity index (χ4n) is 9.05. The molecule has 12 rings (SSSR count). The number of hydrogen-bond acceptors (Lipinski definition) is 0. The van der Waals surface area contributed by atoms with Gasteiger partial charge < -0.3 is 9.13 Å². The van der Waals surface area contributed by atoms with E-state index in [-0.39, 0.29) is 57.6 Å². The van der Waals surface area contributed by atoms with Crippen LogP contribution in [0.15, 0.2) is 242 Å². The van der Waals surface area contributed by atoms with Crippen LogP contribution < -0.4 is 0 Å². The molecule has 0 aliphatic carbocycles. The lowest BCUT2D eigenvalue weighted by Crippen LogP contribution is -1.94. The van der Waals surface area contributed by atoms with Crippen LogP contribution >= 0.6 is 0 Å². The number of fused-ring (bicyclic) bond motifs is 6. The zero-order valence-electron chi connectivity index (χ0n) is 40.4. The van der Waals surface area contributed by atoms with Crippen LogP contribution in [0.25, 0.3) is 111 Å². The Morgan fingerprint density at radius 2 is 0.839 bits per heavy atom. The van der Waals surface area contributed by atoms with Gasteiger partial charge in [-0.25, -0.2) is 0 Å². The Labute approximate surface area is 370 Å². The highest BCUT2D eigenvalue weighted by atomic mass is 15.0. The van der Waals surface area contributed by atoms with Gasteiger partial charge in [-0.05, 0) is 122 Å². The van der Waals surface area contributed by atoms with E-state index in [4.69, 9.17) is 2.74 Å². The van der Waals surface area contributed by atoms with Crippen LogP contribution in [-0.2, 0) is 0 Å². The Morgan fingerprint density at radius 1 is 0.290 bits per heavy atom. The van der Waals surface area contributed by atoms with Crippen molar-refractivity contribution >= 4 is 43.6 Å². The van der Waals surface area contributed by atoms with Gasteiger partial charge in [0.25, 0.3) is 0 Å². The van der Waals surface area contributed by atoms with E-state index in [0.717, 1.165) is 72.0 Å². The molecule has 0 fully saturated rings.